The van der Waals surface area contributed by atoms with Gasteiger partial charge >= 0.3 is 11.9 Å². The summed E-state index contributed by atoms with van der Waals surface area (Å²) in [7, 11) is 0. The van der Waals surface area contributed by atoms with Crippen LogP contribution < -0.4 is 5.56 Å². The number of carbonyl (C=O) groups is 2. The van der Waals surface area contributed by atoms with E-state index in [9.17, 15) is 14.4 Å². The fraction of sp³-hybridized carbons (Fsp3) is 0.500. The van der Waals surface area contributed by atoms with Crippen molar-refractivity contribution in [2.75, 3.05) is 6.61 Å². The molecule has 2 heterocycles. The van der Waals surface area contributed by atoms with Gasteiger partial charge in [-0.25, -0.2) is 14.6 Å². The highest BCUT2D eigenvalue weighted by molar-refractivity contribution is 5.94. The Kier molecular flexibility index (Phi) is 5.88. The molecule has 144 valence electrons. The van der Waals surface area contributed by atoms with Crippen LogP contribution in [0.15, 0.2) is 23.0 Å². The van der Waals surface area contributed by atoms with Crippen LogP contribution in [-0.2, 0) is 27.2 Å². The van der Waals surface area contributed by atoms with Crippen molar-refractivity contribution in [3.63, 3.8) is 0 Å². The average Bonchev–Trinajstić information content (AvgIpc) is 2.60. The first kappa shape index (κ1) is 19.1. The third-order valence-electron chi connectivity index (χ3n) is 4.49. The molecule has 7 nitrogen and oxygen atoms in total. The Hall–Kier alpha value is -2.70. The minimum atomic E-state index is -0.647. The van der Waals surface area contributed by atoms with Gasteiger partial charge in [0.1, 0.15) is 5.82 Å². The van der Waals surface area contributed by atoms with Crippen LogP contribution in [0.5, 0.6) is 0 Å². The van der Waals surface area contributed by atoms with Gasteiger partial charge in [0, 0.05) is 13.0 Å². The average molecular weight is 372 g/mol. The van der Waals surface area contributed by atoms with E-state index in [1.807, 2.05) is 0 Å². The highest BCUT2D eigenvalue weighted by Crippen LogP contribution is 2.17. The second-order valence-electron chi connectivity index (χ2n) is 7.00. The molecule has 0 unspecified atom stereocenters. The first-order valence-corrected chi connectivity index (χ1v) is 9.36. The van der Waals surface area contributed by atoms with Gasteiger partial charge in [0.05, 0.1) is 22.6 Å². The van der Waals surface area contributed by atoms with Crippen LogP contribution in [0.3, 0.4) is 0 Å². The quantitative estimate of drug-likeness (QED) is 0.767. The minimum absolute atomic E-state index is 0.0719. The van der Waals surface area contributed by atoms with Crippen molar-refractivity contribution in [2.24, 2.45) is 0 Å². The molecule has 1 aliphatic heterocycles. The summed E-state index contributed by atoms with van der Waals surface area (Å²) >= 11 is 0. The summed E-state index contributed by atoms with van der Waals surface area (Å²) in [6, 6.07) is 4.67. The highest BCUT2D eigenvalue weighted by Gasteiger charge is 2.16. The Morgan fingerprint density at radius 3 is 2.74 bits per heavy atom. The molecular formula is C20H24N2O5. The first-order valence-electron chi connectivity index (χ1n) is 9.36. The predicted molar refractivity (Wildman–Crippen MR) is 99.7 cm³/mol. The number of nitrogens with zero attached hydrogens (tertiary/aromatic N) is 2. The zero-order chi connectivity index (χ0) is 19.4. The summed E-state index contributed by atoms with van der Waals surface area (Å²) in [6.07, 6.45) is 4.70. The first-order chi connectivity index (χ1) is 13.0. The molecule has 0 aliphatic carbocycles. The number of carbonyl (C=O) groups excluding carboxylic acids is 2. The molecule has 7 heteroatoms. The molecule has 2 aromatic rings. The SMILES string of the molecule is CC(C)OC(=O)COC(=O)c1ccc2c(=O)n3c(nc2c1)CCCCCC3. The second-order valence-corrected chi connectivity index (χ2v) is 7.00. The zero-order valence-electron chi connectivity index (χ0n) is 15.7. The van der Waals surface area contributed by atoms with E-state index < -0.39 is 18.5 Å². The summed E-state index contributed by atoms with van der Waals surface area (Å²) in [5.41, 5.74) is 0.658. The van der Waals surface area contributed by atoms with Crippen LogP contribution in [0.1, 0.15) is 55.7 Å². The van der Waals surface area contributed by atoms with E-state index in [1.54, 1.807) is 30.5 Å². The monoisotopic (exact) mass is 372 g/mol. The van der Waals surface area contributed by atoms with Crippen LogP contribution >= 0.6 is 0 Å². The third kappa shape index (κ3) is 4.53. The maximum absolute atomic E-state index is 12.8. The van der Waals surface area contributed by atoms with Gasteiger partial charge in [-0.3, -0.25) is 9.36 Å². The molecule has 1 aromatic carbocycles. The molecule has 1 aromatic heterocycles. The van der Waals surface area contributed by atoms with Crippen molar-refractivity contribution in [3.8, 4) is 0 Å². The summed E-state index contributed by atoms with van der Waals surface area (Å²) in [5, 5.41) is 0.482. The van der Waals surface area contributed by atoms with Crippen molar-refractivity contribution >= 4 is 22.8 Å². The van der Waals surface area contributed by atoms with Gasteiger partial charge < -0.3 is 9.47 Å². The molecule has 0 atom stereocenters. The summed E-state index contributed by atoms with van der Waals surface area (Å²) in [4.78, 5) is 41.1. The molecule has 0 radical (unpaired) electrons. The number of hydrogen-bond donors (Lipinski definition) is 0. The Labute approximate surface area is 157 Å². The lowest BCUT2D eigenvalue weighted by Crippen LogP contribution is -2.26. The van der Waals surface area contributed by atoms with E-state index in [0.717, 1.165) is 37.9 Å². The standard InChI is InChI=1S/C20H24N2O5/c1-13(2)27-18(23)12-26-20(25)14-8-9-15-16(11-14)21-17-7-5-3-4-6-10-22(17)19(15)24/h8-9,11,13H,3-7,10,12H2,1-2H3. The summed E-state index contributed by atoms with van der Waals surface area (Å²) in [6.45, 7) is 3.67. The number of rotatable bonds is 4. The van der Waals surface area contributed by atoms with Crippen LogP contribution in [0.2, 0.25) is 0 Å². The van der Waals surface area contributed by atoms with Crippen LogP contribution in [0.4, 0.5) is 0 Å². The molecule has 0 bridgehead atoms. The number of hydrogen-bond acceptors (Lipinski definition) is 6. The van der Waals surface area contributed by atoms with E-state index in [0.29, 0.717) is 17.4 Å². The summed E-state index contributed by atoms with van der Waals surface area (Å²) in [5.74, 6) is -0.485. The third-order valence-corrected chi connectivity index (χ3v) is 4.49. The molecule has 0 amide bonds. The maximum Gasteiger partial charge on any atom is 0.344 e. The number of ether oxygens (including phenoxy) is 2. The molecule has 0 spiro atoms. The molecule has 0 saturated carbocycles. The maximum atomic E-state index is 12.8. The smallest absolute Gasteiger partial charge is 0.344 e. The largest absolute Gasteiger partial charge is 0.460 e. The van der Waals surface area contributed by atoms with Crippen LogP contribution in [-0.4, -0.2) is 34.2 Å². The van der Waals surface area contributed by atoms with Gasteiger partial charge in [0.25, 0.3) is 5.56 Å². The van der Waals surface area contributed by atoms with Gasteiger partial charge in [-0.1, -0.05) is 12.8 Å². The Bertz CT molecular complexity index is 916. The van der Waals surface area contributed by atoms with Gasteiger partial charge in [0.15, 0.2) is 6.61 Å². The Morgan fingerprint density at radius 2 is 1.96 bits per heavy atom. The fourth-order valence-corrected chi connectivity index (χ4v) is 3.23. The lowest BCUT2D eigenvalue weighted by Gasteiger charge is -2.16. The number of aryl methyl sites for hydroxylation is 1. The lowest BCUT2D eigenvalue weighted by molar-refractivity contribution is -0.150. The van der Waals surface area contributed by atoms with Gasteiger partial charge in [-0.2, -0.15) is 0 Å². The van der Waals surface area contributed by atoms with E-state index >= 15 is 0 Å². The molecule has 0 saturated heterocycles. The molecule has 3 rings (SSSR count). The van der Waals surface area contributed by atoms with E-state index in [4.69, 9.17) is 9.47 Å². The summed E-state index contributed by atoms with van der Waals surface area (Å²) < 4.78 is 11.7. The Morgan fingerprint density at radius 1 is 1.19 bits per heavy atom. The number of aromatic nitrogens is 2. The van der Waals surface area contributed by atoms with E-state index in [-0.39, 0.29) is 17.2 Å². The van der Waals surface area contributed by atoms with Crippen molar-refractivity contribution in [1.29, 1.82) is 0 Å². The predicted octanol–water partition coefficient (Wildman–Crippen LogP) is 2.62. The van der Waals surface area contributed by atoms with Crippen LogP contribution in [0, 0.1) is 0 Å². The zero-order valence-corrected chi connectivity index (χ0v) is 15.7. The van der Waals surface area contributed by atoms with Gasteiger partial charge in [-0.15, -0.1) is 0 Å². The molecule has 1 aliphatic rings. The number of benzene rings is 1. The molecule has 0 N–H and O–H groups in total. The van der Waals surface area contributed by atoms with Crippen molar-refractivity contribution in [1.82, 2.24) is 9.55 Å². The van der Waals surface area contributed by atoms with E-state index in [2.05, 4.69) is 4.98 Å². The molecule has 0 fully saturated rings. The van der Waals surface area contributed by atoms with Crippen LogP contribution in [0.25, 0.3) is 10.9 Å². The van der Waals surface area contributed by atoms with Gasteiger partial charge in [-0.05, 0) is 44.9 Å². The topological polar surface area (TPSA) is 87.5 Å². The van der Waals surface area contributed by atoms with E-state index in [1.165, 1.54) is 6.07 Å². The Balaban J connectivity index is 1.84. The fourth-order valence-electron chi connectivity index (χ4n) is 3.23. The molecule has 27 heavy (non-hydrogen) atoms. The van der Waals surface area contributed by atoms with Gasteiger partial charge in [0.2, 0.25) is 0 Å². The normalized spacial score (nSPS) is 14.3. The second kappa shape index (κ2) is 8.33. The number of fused-ring (bicyclic) bond motifs is 2. The molecular weight excluding hydrogens is 348 g/mol. The lowest BCUT2D eigenvalue weighted by atomic mass is 10.1. The van der Waals surface area contributed by atoms with Crippen molar-refractivity contribution in [3.05, 3.63) is 39.9 Å². The minimum Gasteiger partial charge on any atom is -0.460 e. The number of esters is 2. The van der Waals surface area contributed by atoms with Crippen molar-refractivity contribution < 1.29 is 19.1 Å². The van der Waals surface area contributed by atoms with Crippen molar-refractivity contribution in [2.45, 2.75) is 58.6 Å². The highest BCUT2D eigenvalue weighted by atomic mass is 16.6.